The van der Waals surface area contributed by atoms with Gasteiger partial charge in [0.25, 0.3) is 0 Å². The predicted octanol–water partition coefficient (Wildman–Crippen LogP) is 7.14. The summed E-state index contributed by atoms with van der Waals surface area (Å²) in [7, 11) is -1.34. The second-order valence-electron chi connectivity index (χ2n) is 5.03. The highest BCUT2D eigenvalue weighted by molar-refractivity contribution is 9.11. The lowest BCUT2D eigenvalue weighted by Crippen LogP contribution is -2.29. The molecule has 0 aliphatic heterocycles. The van der Waals surface area contributed by atoms with Gasteiger partial charge in [-0.15, -0.1) is 0 Å². The molecule has 2 N–H and O–H groups in total. The maximum atomic E-state index is 12.0. The average Bonchev–Trinajstić information content (AvgIpc) is 2.77. The van der Waals surface area contributed by atoms with Gasteiger partial charge in [0.05, 0.1) is 10.1 Å². The lowest BCUT2D eigenvalue weighted by atomic mass is 9.81. The molecule has 180 valence electrons. The van der Waals surface area contributed by atoms with Gasteiger partial charge < -0.3 is 10.0 Å². The third kappa shape index (κ3) is 17.6. The van der Waals surface area contributed by atoms with E-state index in [-0.39, 0.29) is 5.56 Å². The highest BCUT2D eigenvalue weighted by Crippen LogP contribution is 2.31. The Kier molecular flexibility index (Phi) is 20.0. The summed E-state index contributed by atoms with van der Waals surface area (Å²) in [4.78, 5) is 0. The largest absolute Gasteiger partial charge is 0.488 e. The van der Waals surface area contributed by atoms with Crippen LogP contribution in [-0.2, 0) is 0 Å². The van der Waals surface area contributed by atoms with E-state index in [9.17, 15) is 26.3 Å². The van der Waals surface area contributed by atoms with E-state index >= 15 is 0 Å². The second kappa shape index (κ2) is 18.5. The van der Waals surface area contributed by atoms with Gasteiger partial charge in [-0.2, -0.15) is 26.3 Å². The van der Waals surface area contributed by atoms with E-state index < -0.39 is 29.5 Å². The zero-order valence-corrected chi connectivity index (χ0v) is 19.9. The predicted molar refractivity (Wildman–Crippen MR) is 125 cm³/mol. The number of rotatable bonds is 2. The number of hydrogen-bond acceptors (Lipinski definition) is 2. The molecule has 0 fully saturated rings. The van der Waals surface area contributed by atoms with Crippen molar-refractivity contribution in [2.24, 2.45) is 0 Å². The number of allylic oxidation sites excluding steroid dienone is 2. The molecule has 0 saturated carbocycles. The number of benzene rings is 2. The van der Waals surface area contributed by atoms with Crippen molar-refractivity contribution in [2.45, 2.75) is 40.0 Å². The molecular weight excluding hydrogens is 501 g/mol. The van der Waals surface area contributed by atoms with Gasteiger partial charge >= 0.3 is 19.5 Å². The van der Waals surface area contributed by atoms with Crippen molar-refractivity contribution in [2.75, 3.05) is 0 Å². The van der Waals surface area contributed by atoms with Crippen LogP contribution in [0.15, 0.2) is 78.3 Å². The van der Waals surface area contributed by atoms with Crippen molar-refractivity contribution in [1.82, 2.24) is 0 Å². The van der Waals surface area contributed by atoms with Crippen molar-refractivity contribution in [3.05, 3.63) is 83.9 Å². The Morgan fingerprint density at radius 3 is 1.25 bits per heavy atom. The van der Waals surface area contributed by atoms with Crippen LogP contribution in [0.4, 0.5) is 26.3 Å². The molecule has 0 spiro atoms. The molecule has 32 heavy (non-hydrogen) atoms. The minimum atomic E-state index is -4.33. The molecule has 0 saturated heterocycles. The molecule has 0 aromatic heterocycles. The van der Waals surface area contributed by atoms with Crippen LogP contribution in [0.1, 0.15) is 33.3 Å². The van der Waals surface area contributed by atoms with Crippen molar-refractivity contribution >= 4 is 34.1 Å². The first-order chi connectivity index (χ1) is 14.8. The molecule has 2 rings (SSSR count). The number of halogens is 7. The van der Waals surface area contributed by atoms with E-state index in [2.05, 4.69) is 29.1 Å². The molecule has 2 nitrogen and oxygen atoms in total. The van der Waals surface area contributed by atoms with Crippen LogP contribution in [0.3, 0.4) is 0 Å². The number of alkyl halides is 6. The Bertz CT molecular complexity index is 734. The molecule has 2 aromatic rings. The lowest BCUT2D eigenvalue weighted by molar-refractivity contribution is -0.0825. The minimum Gasteiger partial charge on any atom is -0.423 e. The third-order valence-corrected chi connectivity index (χ3v) is 3.32. The summed E-state index contributed by atoms with van der Waals surface area (Å²) >= 11 is 2.18. The topological polar surface area (TPSA) is 40.5 Å². The van der Waals surface area contributed by atoms with Crippen LogP contribution in [0.2, 0.25) is 0 Å². The highest BCUT2D eigenvalue weighted by atomic mass is 79.9. The fraction of sp³-hybridized carbons (Fsp3) is 0.273. The average molecular weight is 529 g/mol. The van der Waals surface area contributed by atoms with Crippen molar-refractivity contribution in [3.8, 4) is 0 Å². The standard InChI is InChI=1S/C9H7F3.C6H7BO2.C3H2BrF3.2C2H6/c1-7(9(10,11)12)8-5-3-2-4-6-8;8-7(9)6-4-2-1-3-5-6;1-2(4)3(5,6)7;2*1-2/h2-6H,1H2;1-5,8-9H;1H2;2*1-2H3. The molecule has 10 heteroatoms. The van der Waals surface area contributed by atoms with E-state index in [0.29, 0.717) is 5.46 Å². The molecule has 0 heterocycles. The van der Waals surface area contributed by atoms with E-state index in [1.54, 1.807) is 42.5 Å². The molecular formula is C22H28BBrF6O2. The first kappa shape index (κ1) is 34.6. The smallest absolute Gasteiger partial charge is 0.423 e. The summed E-state index contributed by atoms with van der Waals surface area (Å²) < 4.78 is 68.3. The normalized spacial score (nSPS) is 9.66. The summed E-state index contributed by atoms with van der Waals surface area (Å²) in [6.07, 6.45) is -8.61. The SMILES string of the molecule is C=C(Br)C(F)(F)F.C=C(c1ccccc1)C(F)(F)F.CC.CC.OB(O)c1ccccc1. The number of hydrogen-bond donors (Lipinski definition) is 2. The van der Waals surface area contributed by atoms with E-state index in [1.807, 2.05) is 33.8 Å². The van der Waals surface area contributed by atoms with E-state index in [1.165, 1.54) is 12.1 Å². The Morgan fingerprint density at radius 2 is 1.03 bits per heavy atom. The Hall–Kier alpha value is -2.04. The van der Waals surface area contributed by atoms with Gasteiger partial charge in [0.15, 0.2) is 0 Å². The van der Waals surface area contributed by atoms with Gasteiger partial charge in [-0.25, -0.2) is 0 Å². The monoisotopic (exact) mass is 528 g/mol. The van der Waals surface area contributed by atoms with E-state index in [0.717, 1.165) is 0 Å². The molecule has 2 aromatic carbocycles. The van der Waals surface area contributed by atoms with Gasteiger partial charge in [0.1, 0.15) is 0 Å². The maximum absolute atomic E-state index is 12.0. The third-order valence-electron chi connectivity index (χ3n) is 2.87. The Labute approximate surface area is 194 Å². The Morgan fingerprint density at radius 1 is 0.719 bits per heavy atom. The minimum absolute atomic E-state index is 0.116. The summed E-state index contributed by atoms with van der Waals surface area (Å²) in [6, 6.07) is 16.2. The van der Waals surface area contributed by atoms with Gasteiger partial charge in [-0.05, 0) is 27.0 Å². The molecule has 0 bridgehead atoms. The van der Waals surface area contributed by atoms with Crippen LogP contribution in [-0.4, -0.2) is 29.5 Å². The highest BCUT2D eigenvalue weighted by Gasteiger charge is 2.32. The maximum Gasteiger partial charge on any atom is 0.488 e. The first-order valence-electron chi connectivity index (χ1n) is 9.41. The van der Waals surface area contributed by atoms with Gasteiger partial charge in [0.2, 0.25) is 0 Å². The van der Waals surface area contributed by atoms with Crippen LogP contribution in [0.25, 0.3) is 5.57 Å². The fourth-order valence-electron chi connectivity index (χ4n) is 1.43. The zero-order chi connectivity index (χ0) is 26.0. The van der Waals surface area contributed by atoms with E-state index in [4.69, 9.17) is 10.0 Å². The molecule has 0 atom stereocenters. The molecule has 0 aliphatic carbocycles. The molecule has 0 amide bonds. The van der Waals surface area contributed by atoms with Crippen LogP contribution in [0, 0.1) is 0 Å². The lowest BCUT2D eigenvalue weighted by Gasteiger charge is -2.08. The van der Waals surface area contributed by atoms with Gasteiger partial charge in [-0.1, -0.05) is 102 Å². The second-order valence-corrected chi connectivity index (χ2v) is 5.99. The quantitative estimate of drug-likeness (QED) is 0.321. The van der Waals surface area contributed by atoms with Gasteiger partial charge in [-0.3, -0.25) is 0 Å². The molecule has 0 radical (unpaired) electrons. The van der Waals surface area contributed by atoms with Crippen LogP contribution < -0.4 is 5.46 Å². The Balaban J connectivity index is -0.000000376. The summed E-state index contributed by atoms with van der Waals surface area (Å²) in [5.41, 5.74) is -0.161. The summed E-state index contributed by atoms with van der Waals surface area (Å²) in [5.74, 6) is 0. The van der Waals surface area contributed by atoms with Crippen LogP contribution in [0.5, 0.6) is 0 Å². The van der Waals surface area contributed by atoms with Gasteiger partial charge in [0, 0.05) is 0 Å². The zero-order valence-electron chi connectivity index (χ0n) is 18.3. The first-order valence-corrected chi connectivity index (χ1v) is 10.2. The summed E-state index contributed by atoms with van der Waals surface area (Å²) in [6.45, 7) is 13.6. The van der Waals surface area contributed by atoms with Crippen molar-refractivity contribution < 1.29 is 36.4 Å². The van der Waals surface area contributed by atoms with Crippen molar-refractivity contribution in [3.63, 3.8) is 0 Å². The molecule has 0 aliphatic rings. The molecule has 0 unspecified atom stereocenters. The van der Waals surface area contributed by atoms with Crippen LogP contribution >= 0.6 is 15.9 Å². The fourth-order valence-corrected chi connectivity index (χ4v) is 1.43. The van der Waals surface area contributed by atoms with Crippen molar-refractivity contribution in [1.29, 1.82) is 0 Å². The summed E-state index contributed by atoms with van der Waals surface area (Å²) in [5, 5.41) is 17.2.